The van der Waals surface area contributed by atoms with Crippen LogP contribution in [0.5, 0.6) is 0 Å². The van der Waals surface area contributed by atoms with Crippen LogP contribution in [0, 0.1) is 0 Å². The highest BCUT2D eigenvalue weighted by atomic mass is 32.2. The Morgan fingerprint density at radius 1 is 1.13 bits per heavy atom. The summed E-state index contributed by atoms with van der Waals surface area (Å²) in [6.45, 7) is 1.64. The molecule has 6 heteroatoms. The van der Waals surface area contributed by atoms with Gasteiger partial charge in [-0.25, -0.2) is 4.79 Å². The molecule has 1 unspecified atom stereocenters. The molecule has 0 saturated carbocycles. The molecule has 0 bridgehead atoms. The number of methoxy groups -OCH3 is 1. The zero-order valence-electron chi connectivity index (χ0n) is 12.9. The van der Waals surface area contributed by atoms with Gasteiger partial charge in [0.25, 0.3) is 0 Å². The zero-order chi connectivity index (χ0) is 16.8. The Labute approximate surface area is 139 Å². The number of carbonyl (C=O) groups is 2. The minimum absolute atomic E-state index is 0.227. The van der Waals surface area contributed by atoms with Crippen LogP contribution >= 0.6 is 11.8 Å². The summed E-state index contributed by atoms with van der Waals surface area (Å²) in [5.74, 6) is -0.586. The summed E-state index contributed by atoms with van der Waals surface area (Å²) in [4.78, 5) is 25.0. The lowest BCUT2D eigenvalue weighted by Gasteiger charge is -2.09. The molecule has 0 aliphatic carbocycles. The van der Waals surface area contributed by atoms with Crippen molar-refractivity contribution in [1.29, 1.82) is 0 Å². The van der Waals surface area contributed by atoms with Gasteiger partial charge >= 0.3 is 5.97 Å². The van der Waals surface area contributed by atoms with Crippen LogP contribution in [-0.2, 0) is 9.53 Å². The SMILES string of the molecule is COC(=O)c1ccc(Sc2cccc(NC(=O)C(C)N)c2)cc1. The average Bonchev–Trinajstić information content (AvgIpc) is 2.55. The summed E-state index contributed by atoms with van der Waals surface area (Å²) >= 11 is 1.53. The number of hydrogen-bond acceptors (Lipinski definition) is 5. The first kappa shape index (κ1) is 17.1. The fourth-order valence-electron chi connectivity index (χ4n) is 1.81. The van der Waals surface area contributed by atoms with Gasteiger partial charge in [-0.15, -0.1) is 0 Å². The molecule has 23 heavy (non-hydrogen) atoms. The molecular formula is C17H18N2O3S. The predicted molar refractivity (Wildman–Crippen MR) is 90.6 cm³/mol. The fraction of sp³-hybridized carbons (Fsp3) is 0.176. The van der Waals surface area contributed by atoms with Crippen LogP contribution in [0.4, 0.5) is 5.69 Å². The first-order chi connectivity index (χ1) is 11.0. The Hall–Kier alpha value is -2.31. The molecule has 0 heterocycles. The number of carbonyl (C=O) groups excluding carboxylic acids is 2. The number of benzene rings is 2. The average molecular weight is 330 g/mol. The number of hydrogen-bond donors (Lipinski definition) is 2. The summed E-state index contributed by atoms with van der Waals surface area (Å²) in [7, 11) is 1.35. The maximum atomic E-state index is 11.6. The van der Waals surface area contributed by atoms with Crippen molar-refractivity contribution in [3.05, 3.63) is 54.1 Å². The van der Waals surface area contributed by atoms with Gasteiger partial charge in [-0.2, -0.15) is 0 Å². The standard InChI is InChI=1S/C17H18N2O3S/c1-11(18)16(20)19-13-4-3-5-15(10-13)23-14-8-6-12(7-9-14)17(21)22-2/h3-11H,18H2,1-2H3,(H,19,20). The molecule has 120 valence electrons. The lowest BCUT2D eigenvalue weighted by Crippen LogP contribution is -2.32. The van der Waals surface area contributed by atoms with E-state index in [0.29, 0.717) is 11.3 Å². The summed E-state index contributed by atoms with van der Waals surface area (Å²) in [6.07, 6.45) is 0. The van der Waals surface area contributed by atoms with Crippen molar-refractivity contribution < 1.29 is 14.3 Å². The minimum Gasteiger partial charge on any atom is -0.465 e. The third-order valence-corrected chi connectivity index (χ3v) is 4.02. The summed E-state index contributed by atoms with van der Waals surface area (Å²) < 4.78 is 4.67. The Balaban J connectivity index is 2.08. The van der Waals surface area contributed by atoms with Crippen LogP contribution in [0.25, 0.3) is 0 Å². The van der Waals surface area contributed by atoms with Crippen LogP contribution < -0.4 is 11.1 Å². The number of esters is 1. The van der Waals surface area contributed by atoms with E-state index in [0.717, 1.165) is 9.79 Å². The van der Waals surface area contributed by atoms with Gasteiger partial charge in [0.05, 0.1) is 18.7 Å². The van der Waals surface area contributed by atoms with E-state index in [1.807, 2.05) is 36.4 Å². The first-order valence-corrected chi connectivity index (χ1v) is 7.84. The highest BCUT2D eigenvalue weighted by molar-refractivity contribution is 7.99. The molecule has 0 aliphatic heterocycles. The van der Waals surface area contributed by atoms with Crippen LogP contribution in [0.3, 0.4) is 0 Å². The van der Waals surface area contributed by atoms with Crippen LogP contribution in [0.15, 0.2) is 58.3 Å². The third kappa shape index (κ3) is 4.84. The van der Waals surface area contributed by atoms with Crippen LogP contribution in [0.1, 0.15) is 17.3 Å². The molecule has 0 aliphatic rings. The zero-order valence-corrected chi connectivity index (χ0v) is 13.7. The van der Waals surface area contributed by atoms with Gasteiger partial charge in [0.2, 0.25) is 5.91 Å². The predicted octanol–water partition coefficient (Wildman–Crippen LogP) is 2.91. The van der Waals surface area contributed by atoms with E-state index >= 15 is 0 Å². The van der Waals surface area contributed by atoms with E-state index in [9.17, 15) is 9.59 Å². The fourth-order valence-corrected chi connectivity index (χ4v) is 2.68. The smallest absolute Gasteiger partial charge is 0.337 e. The monoisotopic (exact) mass is 330 g/mol. The lowest BCUT2D eigenvalue weighted by atomic mass is 10.2. The molecule has 0 aromatic heterocycles. The molecular weight excluding hydrogens is 312 g/mol. The highest BCUT2D eigenvalue weighted by Gasteiger charge is 2.08. The largest absolute Gasteiger partial charge is 0.465 e. The van der Waals surface area contributed by atoms with Crippen molar-refractivity contribution in [2.24, 2.45) is 5.73 Å². The topological polar surface area (TPSA) is 81.4 Å². The van der Waals surface area contributed by atoms with E-state index in [4.69, 9.17) is 5.73 Å². The van der Waals surface area contributed by atoms with Gasteiger partial charge in [-0.05, 0) is 49.4 Å². The van der Waals surface area contributed by atoms with Crippen molar-refractivity contribution >= 4 is 29.3 Å². The van der Waals surface area contributed by atoms with E-state index in [-0.39, 0.29) is 11.9 Å². The van der Waals surface area contributed by atoms with E-state index < -0.39 is 6.04 Å². The molecule has 3 N–H and O–H groups in total. The minimum atomic E-state index is -0.558. The Kier molecular flexibility index (Phi) is 5.78. The van der Waals surface area contributed by atoms with Gasteiger partial charge < -0.3 is 15.8 Å². The number of amides is 1. The number of rotatable bonds is 5. The Morgan fingerprint density at radius 3 is 2.43 bits per heavy atom. The molecule has 5 nitrogen and oxygen atoms in total. The van der Waals surface area contributed by atoms with Gasteiger partial charge in [-0.1, -0.05) is 17.8 Å². The molecule has 1 atom stereocenters. The van der Waals surface area contributed by atoms with Crippen LogP contribution in [-0.4, -0.2) is 25.0 Å². The third-order valence-electron chi connectivity index (χ3n) is 3.03. The lowest BCUT2D eigenvalue weighted by molar-refractivity contribution is -0.117. The number of nitrogens with one attached hydrogen (secondary N) is 1. The Bertz CT molecular complexity index is 699. The van der Waals surface area contributed by atoms with Gasteiger partial charge in [0.1, 0.15) is 0 Å². The maximum absolute atomic E-state index is 11.6. The molecule has 0 fully saturated rings. The van der Waals surface area contributed by atoms with Gasteiger partial charge in [0.15, 0.2) is 0 Å². The molecule has 2 rings (SSSR count). The van der Waals surface area contributed by atoms with E-state index in [2.05, 4.69) is 10.1 Å². The van der Waals surface area contributed by atoms with Crippen LogP contribution in [0.2, 0.25) is 0 Å². The van der Waals surface area contributed by atoms with Crippen molar-refractivity contribution in [3.63, 3.8) is 0 Å². The summed E-state index contributed by atoms with van der Waals surface area (Å²) in [6, 6.07) is 14.1. The summed E-state index contributed by atoms with van der Waals surface area (Å²) in [5.41, 5.74) is 6.75. The first-order valence-electron chi connectivity index (χ1n) is 7.02. The van der Waals surface area contributed by atoms with Crippen molar-refractivity contribution in [2.45, 2.75) is 22.8 Å². The maximum Gasteiger partial charge on any atom is 0.337 e. The number of nitrogens with two attached hydrogens (primary N) is 1. The van der Waals surface area contributed by atoms with Gasteiger partial charge in [0, 0.05) is 15.5 Å². The summed E-state index contributed by atoms with van der Waals surface area (Å²) in [5, 5.41) is 2.76. The molecule has 1 amide bonds. The van der Waals surface area contributed by atoms with E-state index in [1.54, 1.807) is 19.1 Å². The van der Waals surface area contributed by atoms with Crippen molar-refractivity contribution in [1.82, 2.24) is 0 Å². The Morgan fingerprint density at radius 2 is 1.83 bits per heavy atom. The molecule has 2 aromatic carbocycles. The van der Waals surface area contributed by atoms with E-state index in [1.165, 1.54) is 18.9 Å². The number of ether oxygens (including phenoxy) is 1. The quantitative estimate of drug-likeness (QED) is 0.824. The molecule has 2 aromatic rings. The molecule has 0 radical (unpaired) electrons. The molecule has 0 saturated heterocycles. The highest BCUT2D eigenvalue weighted by Crippen LogP contribution is 2.29. The van der Waals surface area contributed by atoms with Crippen molar-refractivity contribution in [2.75, 3.05) is 12.4 Å². The second kappa shape index (κ2) is 7.80. The normalized spacial score (nSPS) is 11.6. The second-order valence-electron chi connectivity index (χ2n) is 4.92. The second-order valence-corrected chi connectivity index (χ2v) is 6.07. The number of anilines is 1. The van der Waals surface area contributed by atoms with Crippen molar-refractivity contribution in [3.8, 4) is 0 Å². The van der Waals surface area contributed by atoms with Gasteiger partial charge in [-0.3, -0.25) is 4.79 Å². The molecule has 0 spiro atoms.